The normalized spacial score (nSPS) is 22.5. The van der Waals surface area contributed by atoms with Crippen LogP contribution < -0.4 is 5.73 Å². The highest BCUT2D eigenvalue weighted by molar-refractivity contribution is 5.01. The summed E-state index contributed by atoms with van der Waals surface area (Å²) < 4.78 is 2.26. The van der Waals surface area contributed by atoms with E-state index in [9.17, 15) is 0 Å². The molecule has 0 radical (unpaired) electrons. The molecule has 0 fully saturated rings. The molecule has 2 heterocycles. The minimum Gasteiger partial charge on any atom is -0.327 e. The van der Waals surface area contributed by atoms with Gasteiger partial charge >= 0.3 is 0 Å². The predicted octanol–water partition coefficient (Wildman–Crippen LogP) is 1.14. The molecule has 0 saturated heterocycles. The maximum atomic E-state index is 5.94. The van der Waals surface area contributed by atoms with Gasteiger partial charge in [-0.3, -0.25) is 0 Å². The lowest BCUT2D eigenvalue weighted by Crippen LogP contribution is -2.25. The van der Waals surface area contributed by atoms with Crippen LogP contribution in [0.25, 0.3) is 0 Å². The van der Waals surface area contributed by atoms with E-state index >= 15 is 0 Å². The fourth-order valence-electron chi connectivity index (χ4n) is 2.07. The van der Waals surface area contributed by atoms with Crippen molar-refractivity contribution in [3.63, 3.8) is 0 Å². The van der Waals surface area contributed by atoms with E-state index in [-0.39, 0.29) is 6.04 Å². The summed E-state index contributed by atoms with van der Waals surface area (Å²) in [7, 11) is 0. The molecule has 2 unspecified atom stereocenters. The van der Waals surface area contributed by atoms with Gasteiger partial charge in [0.15, 0.2) is 0 Å². The summed E-state index contributed by atoms with van der Waals surface area (Å²) in [5.41, 5.74) is 5.94. The summed E-state index contributed by atoms with van der Waals surface area (Å²) in [5.74, 6) is 2.97. The topological polar surface area (TPSA) is 56.7 Å². The Morgan fingerprint density at radius 3 is 3.07 bits per heavy atom. The predicted molar refractivity (Wildman–Crippen MR) is 59.5 cm³/mol. The summed E-state index contributed by atoms with van der Waals surface area (Å²) in [5, 5.41) is 8.51. The fraction of sp³-hybridized carbons (Fsp3) is 0.818. The highest BCUT2D eigenvalue weighted by Crippen LogP contribution is 2.20. The smallest absolute Gasteiger partial charge is 0.134 e. The van der Waals surface area contributed by atoms with Gasteiger partial charge in [0.05, 0.1) is 0 Å². The molecule has 1 aromatic rings. The van der Waals surface area contributed by atoms with Gasteiger partial charge in [-0.1, -0.05) is 13.8 Å². The second-order valence-corrected chi connectivity index (χ2v) is 4.65. The minimum atomic E-state index is 0.220. The molecule has 0 bridgehead atoms. The molecule has 1 aliphatic rings. The molecule has 0 aromatic carbocycles. The fourth-order valence-corrected chi connectivity index (χ4v) is 2.07. The molecule has 2 N–H and O–H groups in total. The zero-order valence-corrected chi connectivity index (χ0v) is 9.61. The van der Waals surface area contributed by atoms with E-state index in [0.717, 1.165) is 43.4 Å². The van der Waals surface area contributed by atoms with Gasteiger partial charge in [-0.15, -0.1) is 10.2 Å². The number of aromatic nitrogens is 3. The van der Waals surface area contributed by atoms with Crippen molar-refractivity contribution in [2.45, 2.75) is 52.1 Å². The lowest BCUT2D eigenvalue weighted by molar-refractivity contribution is 0.400. The molecule has 0 aliphatic carbocycles. The number of nitrogens with two attached hydrogens (primary N) is 1. The first-order valence-corrected chi connectivity index (χ1v) is 5.87. The number of rotatable bonds is 3. The minimum absolute atomic E-state index is 0.220. The molecule has 84 valence electrons. The average molecular weight is 208 g/mol. The van der Waals surface area contributed by atoms with E-state index in [1.54, 1.807) is 0 Å². The van der Waals surface area contributed by atoms with Crippen LogP contribution in [0.15, 0.2) is 0 Å². The zero-order valence-electron chi connectivity index (χ0n) is 9.61. The molecular formula is C11H20N4. The Morgan fingerprint density at radius 2 is 2.33 bits per heavy atom. The van der Waals surface area contributed by atoms with Crippen molar-refractivity contribution in [2.24, 2.45) is 11.7 Å². The van der Waals surface area contributed by atoms with Crippen LogP contribution in [-0.4, -0.2) is 20.8 Å². The number of fused-ring (bicyclic) bond motifs is 1. The van der Waals surface area contributed by atoms with E-state index in [2.05, 4.69) is 28.6 Å². The summed E-state index contributed by atoms with van der Waals surface area (Å²) >= 11 is 0. The van der Waals surface area contributed by atoms with E-state index in [1.807, 2.05) is 0 Å². The first kappa shape index (κ1) is 10.6. The van der Waals surface area contributed by atoms with Crippen LogP contribution >= 0.6 is 0 Å². The third kappa shape index (κ3) is 2.20. The Kier molecular flexibility index (Phi) is 3.05. The first-order chi connectivity index (χ1) is 7.20. The maximum absolute atomic E-state index is 5.94. The third-order valence-electron chi connectivity index (χ3n) is 3.25. The van der Waals surface area contributed by atoms with Crippen LogP contribution in [0.2, 0.25) is 0 Å². The number of hydrogen-bond donors (Lipinski definition) is 1. The Hall–Kier alpha value is -0.900. The van der Waals surface area contributed by atoms with Gasteiger partial charge in [0.1, 0.15) is 11.6 Å². The summed E-state index contributed by atoms with van der Waals surface area (Å²) in [6, 6.07) is 0.220. The quantitative estimate of drug-likeness (QED) is 0.810. The maximum Gasteiger partial charge on any atom is 0.134 e. The second-order valence-electron chi connectivity index (χ2n) is 4.65. The summed E-state index contributed by atoms with van der Waals surface area (Å²) in [6.45, 7) is 5.45. The van der Waals surface area contributed by atoms with Gasteiger partial charge in [0.25, 0.3) is 0 Å². The molecule has 1 aliphatic heterocycles. The van der Waals surface area contributed by atoms with Crippen molar-refractivity contribution < 1.29 is 0 Å². The molecular weight excluding hydrogens is 188 g/mol. The standard InChI is InChI=1S/C11H20N4/c1-3-9(12)7-11-14-13-10-6-8(2)4-5-15(10)11/h8-9H,3-7,12H2,1-2H3. The van der Waals surface area contributed by atoms with Gasteiger partial charge in [-0.25, -0.2) is 0 Å². The van der Waals surface area contributed by atoms with Crippen molar-refractivity contribution in [3.8, 4) is 0 Å². The SMILES string of the molecule is CCC(N)Cc1nnc2n1CCC(C)C2. The van der Waals surface area contributed by atoms with Crippen molar-refractivity contribution in [3.05, 3.63) is 11.6 Å². The van der Waals surface area contributed by atoms with Crippen LogP contribution in [-0.2, 0) is 19.4 Å². The van der Waals surface area contributed by atoms with Crippen LogP contribution in [0, 0.1) is 5.92 Å². The first-order valence-electron chi connectivity index (χ1n) is 5.87. The Morgan fingerprint density at radius 1 is 1.53 bits per heavy atom. The molecule has 0 amide bonds. The van der Waals surface area contributed by atoms with Gasteiger partial charge in [0.2, 0.25) is 0 Å². The summed E-state index contributed by atoms with van der Waals surface area (Å²) in [4.78, 5) is 0. The van der Waals surface area contributed by atoms with Gasteiger partial charge in [-0.05, 0) is 18.8 Å². The highest BCUT2D eigenvalue weighted by atomic mass is 15.3. The third-order valence-corrected chi connectivity index (χ3v) is 3.25. The summed E-state index contributed by atoms with van der Waals surface area (Å²) in [6.07, 6.45) is 4.16. The van der Waals surface area contributed by atoms with Crippen molar-refractivity contribution in [1.29, 1.82) is 0 Å². The second kappa shape index (κ2) is 4.31. The van der Waals surface area contributed by atoms with Crippen molar-refractivity contribution in [2.75, 3.05) is 0 Å². The molecule has 4 heteroatoms. The van der Waals surface area contributed by atoms with Crippen LogP contribution in [0.3, 0.4) is 0 Å². The molecule has 2 rings (SSSR count). The van der Waals surface area contributed by atoms with Crippen molar-refractivity contribution >= 4 is 0 Å². The molecule has 2 atom stereocenters. The molecule has 1 aromatic heterocycles. The molecule has 15 heavy (non-hydrogen) atoms. The van der Waals surface area contributed by atoms with Gasteiger partial charge < -0.3 is 10.3 Å². The Bertz CT molecular complexity index is 331. The van der Waals surface area contributed by atoms with E-state index < -0.39 is 0 Å². The number of nitrogens with zero attached hydrogens (tertiary/aromatic N) is 3. The zero-order chi connectivity index (χ0) is 10.8. The molecule has 0 spiro atoms. The van der Waals surface area contributed by atoms with Crippen LogP contribution in [0.5, 0.6) is 0 Å². The lowest BCUT2D eigenvalue weighted by atomic mass is 10.00. The van der Waals surface area contributed by atoms with Gasteiger partial charge in [-0.2, -0.15) is 0 Å². The Labute approximate surface area is 90.9 Å². The molecule has 0 saturated carbocycles. The van der Waals surface area contributed by atoms with Gasteiger partial charge in [0, 0.05) is 25.4 Å². The number of hydrogen-bond acceptors (Lipinski definition) is 3. The lowest BCUT2D eigenvalue weighted by Gasteiger charge is -2.20. The Balaban J connectivity index is 2.13. The van der Waals surface area contributed by atoms with E-state index in [1.165, 1.54) is 6.42 Å². The van der Waals surface area contributed by atoms with E-state index in [0.29, 0.717) is 0 Å². The van der Waals surface area contributed by atoms with Crippen LogP contribution in [0.1, 0.15) is 38.3 Å². The highest BCUT2D eigenvalue weighted by Gasteiger charge is 2.20. The average Bonchev–Trinajstić information content (AvgIpc) is 2.60. The molecule has 4 nitrogen and oxygen atoms in total. The van der Waals surface area contributed by atoms with Crippen molar-refractivity contribution in [1.82, 2.24) is 14.8 Å². The monoisotopic (exact) mass is 208 g/mol. The van der Waals surface area contributed by atoms with E-state index in [4.69, 9.17) is 5.73 Å². The van der Waals surface area contributed by atoms with Crippen LogP contribution in [0.4, 0.5) is 0 Å². The largest absolute Gasteiger partial charge is 0.327 e.